The van der Waals surface area contributed by atoms with Gasteiger partial charge in [0, 0.05) is 9.75 Å². The van der Waals surface area contributed by atoms with Crippen LogP contribution >= 0.6 is 11.3 Å². The summed E-state index contributed by atoms with van der Waals surface area (Å²) in [5.74, 6) is -0.797. The number of ketones is 1. The van der Waals surface area contributed by atoms with Crippen molar-refractivity contribution in [1.29, 1.82) is 0 Å². The number of carbonyl (C=O) groups is 2. The van der Waals surface area contributed by atoms with Gasteiger partial charge in [-0.25, -0.2) is 0 Å². The van der Waals surface area contributed by atoms with Crippen molar-refractivity contribution in [3.63, 3.8) is 0 Å². The molecule has 0 aliphatic carbocycles. The van der Waals surface area contributed by atoms with Crippen LogP contribution in [0.1, 0.15) is 38.2 Å². The fourth-order valence-corrected chi connectivity index (χ4v) is 3.78. The molecule has 1 aromatic carbocycles. The van der Waals surface area contributed by atoms with E-state index in [0.29, 0.717) is 12.1 Å². The van der Waals surface area contributed by atoms with Crippen LogP contribution in [0.2, 0.25) is 0 Å². The van der Waals surface area contributed by atoms with Gasteiger partial charge in [0.25, 0.3) is 11.7 Å². The quantitative estimate of drug-likeness (QED) is 0.811. The molecule has 21 heavy (non-hydrogen) atoms. The Bertz CT molecular complexity index is 745. The molecule has 0 saturated carbocycles. The second-order valence-corrected chi connectivity index (χ2v) is 6.67. The number of hydrogen-bond acceptors (Lipinski definition) is 3. The summed E-state index contributed by atoms with van der Waals surface area (Å²) in [5.41, 5.74) is 3.32. The van der Waals surface area contributed by atoms with Gasteiger partial charge in [0.15, 0.2) is 0 Å². The van der Waals surface area contributed by atoms with Crippen molar-refractivity contribution < 1.29 is 9.59 Å². The van der Waals surface area contributed by atoms with Crippen molar-refractivity contribution >= 4 is 28.7 Å². The zero-order chi connectivity index (χ0) is 15.1. The second kappa shape index (κ2) is 5.11. The monoisotopic (exact) mass is 299 g/mol. The lowest BCUT2D eigenvalue weighted by molar-refractivity contribution is -0.114. The first kappa shape index (κ1) is 14.0. The molecule has 2 aromatic rings. The molecule has 1 aliphatic heterocycles. The van der Waals surface area contributed by atoms with Crippen molar-refractivity contribution in [3.8, 4) is 0 Å². The van der Waals surface area contributed by atoms with Crippen LogP contribution in [0.3, 0.4) is 0 Å². The van der Waals surface area contributed by atoms with E-state index in [0.717, 1.165) is 28.1 Å². The fourth-order valence-electron chi connectivity index (χ4n) is 2.83. The van der Waals surface area contributed by atoms with Crippen molar-refractivity contribution in [2.24, 2.45) is 0 Å². The Morgan fingerprint density at radius 2 is 1.81 bits per heavy atom. The number of hydrogen-bond donors (Lipinski definition) is 0. The van der Waals surface area contributed by atoms with Gasteiger partial charge in [0.05, 0.1) is 17.8 Å². The van der Waals surface area contributed by atoms with E-state index >= 15 is 0 Å². The highest BCUT2D eigenvalue weighted by Gasteiger charge is 2.37. The van der Waals surface area contributed by atoms with Crippen LogP contribution in [0.15, 0.2) is 24.3 Å². The highest BCUT2D eigenvalue weighted by Crippen LogP contribution is 2.35. The van der Waals surface area contributed by atoms with E-state index in [1.54, 1.807) is 16.2 Å². The molecule has 3 rings (SSSR count). The van der Waals surface area contributed by atoms with E-state index in [1.807, 2.05) is 32.0 Å². The summed E-state index contributed by atoms with van der Waals surface area (Å²) in [6, 6.07) is 7.96. The third-order valence-corrected chi connectivity index (χ3v) is 4.99. The fraction of sp³-hybridized carbons (Fsp3) is 0.294. The number of rotatable bonds is 3. The van der Waals surface area contributed by atoms with Crippen molar-refractivity contribution in [3.05, 3.63) is 50.7 Å². The van der Waals surface area contributed by atoms with E-state index in [1.165, 1.54) is 4.88 Å². The maximum Gasteiger partial charge on any atom is 0.299 e. The summed E-state index contributed by atoms with van der Waals surface area (Å²) < 4.78 is 0. The minimum absolute atomic E-state index is 0.385. The molecule has 0 spiro atoms. The summed E-state index contributed by atoms with van der Waals surface area (Å²) in [5, 5.41) is 0. The number of thiophene rings is 1. The van der Waals surface area contributed by atoms with Crippen LogP contribution in [0, 0.1) is 13.8 Å². The average molecular weight is 299 g/mol. The molecule has 0 N–H and O–H groups in total. The lowest BCUT2D eigenvalue weighted by Crippen LogP contribution is -2.29. The standard InChI is InChI=1S/C17H17NO2S/c1-4-12-5-6-13(21-12)9-18-15-11(3)7-10(2)8-14(15)16(19)17(18)20/h5-8H,4,9H2,1-3H3. The Labute approximate surface area is 128 Å². The SMILES string of the molecule is CCc1ccc(CN2C(=O)C(=O)c3cc(C)cc(C)c32)s1. The summed E-state index contributed by atoms with van der Waals surface area (Å²) in [4.78, 5) is 28.5. The van der Waals surface area contributed by atoms with E-state index in [2.05, 4.69) is 13.0 Å². The van der Waals surface area contributed by atoms with Crippen LogP contribution in [0.5, 0.6) is 0 Å². The zero-order valence-corrected chi connectivity index (χ0v) is 13.2. The smallest absolute Gasteiger partial charge is 0.299 e. The molecule has 108 valence electrons. The molecule has 0 fully saturated rings. The number of amides is 1. The highest BCUT2D eigenvalue weighted by atomic mass is 32.1. The van der Waals surface area contributed by atoms with Crippen LogP contribution in [0.25, 0.3) is 0 Å². The van der Waals surface area contributed by atoms with E-state index in [9.17, 15) is 9.59 Å². The largest absolute Gasteiger partial charge is 0.299 e. The van der Waals surface area contributed by atoms with Crippen molar-refractivity contribution in [2.75, 3.05) is 4.90 Å². The van der Waals surface area contributed by atoms with Gasteiger partial charge in [-0.05, 0) is 49.6 Å². The maximum absolute atomic E-state index is 12.3. The normalized spacial score (nSPS) is 14.0. The molecule has 0 atom stereocenters. The molecule has 0 radical (unpaired) electrons. The van der Waals surface area contributed by atoms with E-state index in [4.69, 9.17) is 0 Å². The molecule has 1 aromatic heterocycles. The number of nitrogens with zero attached hydrogens (tertiary/aromatic N) is 1. The second-order valence-electron chi connectivity index (χ2n) is 5.42. The van der Waals surface area contributed by atoms with Gasteiger partial charge in [-0.15, -0.1) is 11.3 Å². The van der Waals surface area contributed by atoms with Gasteiger partial charge in [-0.1, -0.05) is 13.0 Å². The minimum atomic E-state index is -0.412. The van der Waals surface area contributed by atoms with Crippen LogP contribution in [0.4, 0.5) is 5.69 Å². The number of carbonyl (C=O) groups excluding carboxylic acids is 2. The predicted octanol–water partition coefficient (Wildman–Crippen LogP) is 3.66. The van der Waals surface area contributed by atoms with Gasteiger partial charge in [0.2, 0.25) is 0 Å². The third kappa shape index (κ3) is 2.29. The third-order valence-electron chi connectivity index (χ3n) is 3.78. The van der Waals surface area contributed by atoms with Crippen LogP contribution < -0.4 is 4.90 Å². The maximum atomic E-state index is 12.3. The summed E-state index contributed by atoms with van der Waals surface area (Å²) in [7, 11) is 0. The Balaban J connectivity index is 2.01. The number of fused-ring (bicyclic) bond motifs is 1. The molecule has 3 nitrogen and oxygen atoms in total. The number of anilines is 1. The van der Waals surface area contributed by atoms with Crippen LogP contribution in [-0.4, -0.2) is 11.7 Å². The lowest BCUT2D eigenvalue weighted by Gasteiger charge is -2.18. The lowest BCUT2D eigenvalue weighted by atomic mass is 10.0. The van der Waals surface area contributed by atoms with Crippen molar-refractivity contribution in [2.45, 2.75) is 33.7 Å². The Morgan fingerprint density at radius 1 is 1.10 bits per heavy atom. The zero-order valence-electron chi connectivity index (χ0n) is 12.4. The molecule has 0 unspecified atom stereocenters. The van der Waals surface area contributed by atoms with Crippen molar-refractivity contribution in [1.82, 2.24) is 0 Å². The highest BCUT2D eigenvalue weighted by molar-refractivity contribution is 7.12. The number of aryl methyl sites for hydroxylation is 3. The first-order valence-corrected chi connectivity index (χ1v) is 7.88. The number of Topliss-reactive ketones (excluding diaryl/α,β-unsaturated/α-hetero) is 1. The molecule has 2 heterocycles. The van der Waals surface area contributed by atoms with Gasteiger partial charge < -0.3 is 0 Å². The summed E-state index contributed by atoms with van der Waals surface area (Å²) in [6.45, 7) is 6.49. The molecule has 0 saturated heterocycles. The average Bonchev–Trinajstić information content (AvgIpc) is 2.98. The topological polar surface area (TPSA) is 37.4 Å². The van der Waals surface area contributed by atoms with Gasteiger partial charge in [-0.3, -0.25) is 14.5 Å². The summed E-state index contributed by atoms with van der Waals surface area (Å²) in [6.07, 6.45) is 0.992. The van der Waals surface area contributed by atoms with E-state index < -0.39 is 5.91 Å². The van der Waals surface area contributed by atoms with E-state index in [-0.39, 0.29) is 5.78 Å². The molecule has 0 bridgehead atoms. The van der Waals surface area contributed by atoms with Gasteiger partial charge >= 0.3 is 0 Å². The molecular formula is C17H17NO2S. The van der Waals surface area contributed by atoms with Gasteiger partial charge in [0.1, 0.15) is 0 Å². The Kier molecular flexibility index (Phi) is 3.41. The Hall–Kier alpha value is -1.94. The number of benzene rings is 1. The van der Waals surface area contributed by atoms with Crippen LogP contribution in [-0.2, 0) is 17.8 Å². The first-order chi connectivity index (χ1) is 10.0. The predicted molar refractivity (Wildman–Crippen MR) is 85.1 cm³/mol. The Morgan fingerprint density at radius 3 is 2.48 bits per heavy atom. The van der Waals surface area contributed by atoms with Gasteiger partial charge in [-0.2, -0.15) is 0 Å². The summed E-state index contributed by atoms with van der Waals surface area (Å²) >= 11 is 1.70. The molecule has 1 aliphatic rings. The molecule has 1 amide bonds. The molecular weight excluding hydrogens is 282 g/mol. The molecule has 4 heteroatoms. The first-order valence-electron chi connectivity index (χ1n) is 7.06. The minimum Gasteiger partial charge on any atom is -0.299 e.